The van der Waals surface area contributed by atoms with Crippen molar-refractivity contribution in [1.82, 2.24) is 10.2 Å². The molecule has 1 atom stereocenters. The highest BCUT2D eigenvalue weighted by Crippen LogP contribution is 2.20. The van der Waals surface area contributed by atoms with Gasteiger partial charge < -0.3 is 21.1 Å². The van der Waals surface area contributed by atoms with Crippen molar-refractivity contribution in [2.24, 2.45) is 17.6 Å². The van der Waals surface area contributed by atoms with Crippen LogP contribution >= 0.6 is 0 Å². The van der Waals surface area contributed by atoms with Crippen LogP contribution in [0.2, 0.25) is 0 Å². The monoisotopic (exact) mass is 301 g/mol. The minimum Gasteiger partial charge on any atom is -0.481 e. The van der Waals surface area contributed by atoms with E-state index >= 15 is 0 Å². The Kier molecular flexibility index (Phi) is 9.16. The van der Waals surface area contributed by atoms with E-state index in [-0.39, 0.29) is 24.9 Å². The average Bonchev–Trinajstić information content (AvgIpc) is 2.38. The van der Waals surface area contributed by atoms with E-state index in [1.165, 1.54) is 4.90 Å². The Balaban J connectivity index is 4.20. The maximum absolute atomic E-state index is 11.8. The molecule has 4 N–H and O–H groups in total. The summed E-state index contributed by atoms with van der Waals surface area (Å²) in [5.41, 5.74) is 5.08. The number of amides is 3. The van der Waals surface area contributed by atoms with Crippen LogP contribution in [0.15, 0.2) is 0 Å². The molecule has 0 aliphatic carbocycles. The fraction of sp³-hybridized carbons (Fsp3) is 0.786. The molecule has 0 radical (unpaired) electrons. The van der Waals surface area contributed by atoms with Crippen molar-refractivity contribution in [3.05, 3.63) is 0 Å². The minimum absolute atomic E-state index is 0.102. The van der Waals surface area contributed by atoms with Crippen LogP contribution in [0.1, 0.15) is 40.0 Å². The molecule has 0 aromatic heterocycles. The van der Waals surface area contributed by atoms with Gasteiger partial charge >= 0.3 is 12.0 Å². The third-order valence-electron chi connectivity index (χ3n) is 3.48. The molecule has 0 spiro atoms. The second-order valence-electron chi connectivity index (χ2n) is 5.44. The highest BCUT2D eigenvalue weighted by Gasteiger charge is 2.17. The molecule has 0 fully saturated rings. The lowest BCUT2D eigenvalue weighted by atomic mass is 9.88. The van der Waals surface area contributed by atoms with Gasteiger partial charge in [0.05, 0.1) is 0 Å². The van der Waals surface area contributed by atoms with Crippen LogP contribution in [-0.4, -0.2) is 47.5 Å². The zero-order chi connectivity index (χ0) is 16.4. The number of carboxylic acid groups (broad SMARTS) is 1. The van der Waals surface area contributed by atoms with Crippen molar-refractivity contribution >= 4 is 17.9 Å². The Morgan fingerprint density at radius 2 is 1.86 bits per heavy atom. The summed E-state index contributed by atoms with van der Waals surface area (Å²) in [5, 5.41) is 11.5. The van der Waals surface area contributed by atoms with E-state index in [9.17, 15) is 14.4 Å². The summed E-state index contributed by atoms with van der Waals surface area (Å²) < 4.78 is 0. The standard InChI is InChI=1S/C14H27N3O4/c1-4-17(9-12(15)18)14(21)16-8-7-11(10(2)3)5-6-13(19)20/h10-11H,4-9H2,1-3H3,(H2,15,18)(H,16,21)(H,19,20). The van der Waals surface area contributed by atoms with Crippen LogP contribution in [0.25, 0.3) is 0 Å². The first-order chi connectivity index (χ1) is 9.77. The van der Waals surface area contributed by atoms with Crippen LogP contribution in [0.5, 0.6) is 0 Å². The van der Waals surface area contributed by atoms with Gasteiger partial charge in [0.2, 0.25) is 5.91 Å². The lowest BCUT2D eigenvalue weighted by molar-refractivity contribution is -0.137. The molecular weight excluding hydrogens is 274 g/mol. The topological polar surface area (TPSA) is 113 Å². The number of primary amides is 1. The molecule has 0 aliphatic rings. The smallest absolute Gasteiger partial charge is 0.317 e. The summed E-state index contributed by atoms with van der Waals surface area (Å²) in [7, 11) is 0. The molecule has 0 saturated carbocycles. The van der Waals surface area contributed by atoms with Gasteiger partial charge in [0.1, 0.15) is 6.54 Å². The number of nitrogens with two attached hydrogens (primary N) is 1. The number of hydrogen-bond donors (Lipinski definition) is 3. The van der Waals surface area contributed by atoms with Gasteiger partial charge in [0.15, 0.2) is 0 Å². The predicted molar refractivity (Wildman–Crippen MR) is 79.7 cm³/mol. The van der Waals surface area contributed by atoms with E-state index in [0.717, 1.165) is 0 Å². The lowest BCUT2D eigenvalue weighted by Gasteiger charge is -2.23. The van der Waals surface area contributed by atoms with Crippen molar-refractivity contribution in [2.45, 2.75) is 40.0 Å². The lowest BCUT2D eigenvalue weighted by Crippen LogP contribution is -2.44. The Bertz CT molecular complexity index is 358. The van der Waals surface area contributed by atoms with Crippen LogP contribution in [0.4, 0.5) is 4.79 Å². The number of rotatable bonds is 10. The molecule has 0 aromatic rings. The molecule has 7 heteroatoms. The van der Waals surface area contributed by atoms with E-state index in [2.05, 4.69) is 5.32 Å². The molecule has 0 saturated heterocycles. The fourth-order valence-corrected chi connectivity index (χ4v) is 2.11. The van der Waals surface area contributed by atoms with Crippen molar-refractivity contribution in [2.75, 3.05) is 19.6 Å². The highest BCUT2D eigenvalue weighted by molar-refractivity contribution is 5.82. The summed E-state index contributed by atoms with van der Waals surface area (Å²) in [4.78, 5) is 34.6. The van der Waals surface area contributed by atoms with Gasteiger partial charge in [0.25, 0.3) is 0 Å². The van der Waals surface area contributed by atoms with E-state index in [0.29, 0.717) is 31.8 Å². The summed E-state index contributed by atoms with van der Waals surface area (Å²) in [6, 6.07) is -0.322. The molecule has 0 bridgehead atoms. The average molecular weight is 301 g/mol. The van der Waals surface area contributed by atoms with Crippen molar-refractivity contribution in [3.8, 4) is 0 Å². The summed E-state index contributed by atoms with van der Waals surface area (Å²) in [6.07, 6.45) is 1.45. The largest absolute Gasteiger partial charge is 0.481 e. The van der Waals surface area contributed by atoms with Crippen LogP contribution in [-0.2, 0) is 9.59 Å². The maximum atomic E-state index is 11.8. The van der Waals surface area contributed by atoms with Gasteiger partial charge in [-0.15, -0.1) is 0 Å². The number of carboxylic acids is 1. The molecule has 0 aromatic carbocycles. The number of carbonyl (C=O) groups is 3. The second-order valence-corrected chi connectivity index (χ2v) is 5.44. The normalized spacial score (nSPS) is 12.0. The van der Waals surface area contributed by atoms with Crippen molar-refractivity contribution in [3.63, 3.8) is 0 Å². The van der Waals surface area contributed by atoms with E-state index < -0.39 is 11.9 Å². The maximum Gasteiger partial charge on any atom is 0.317 e. The van der Waals surface area contributed by atoms with Crippen LogP contribution in [0, 0.1) is 11.8 Å². The SMILES string of the molecule is CCN(CC(N)=O)C(=O)NCCC(CCC(=O)O)C(C)C. The van der Waals surface area contributed by atoms with Gasteiger partial charge in [0, 0.05) is 19.5 Å². The number of nitrogens with zero attached hydrogens (tertiary/aromatic N) is 1. The number of urea groups is 1. The number of nitrogens with one attached hydrogen (secondary N) is 1. The van der Waals surface area contributed by atoms with Crippen LogP contribution in [0.3, 0.4) is 0 Å². The Morgan fingerprint density at radius 1 is 1.24 bits per heavy atom. The van der Waals surface area contributed by atoms with Crippen molar-refractivity contribution in [1.29, 1.82) is 0 Å². The molecule has 0 heterocycles. The van der Waals surface area contributed by atoms with Crippen molar-refractivity contribution < 1.29 is 19.5 Å². The Hall–Kier alpha value is -1.79. The highest BCUT2D eigenvalue weighted by atomic mass is 16.4. The molecule has 0 rings (SSSR count). The molecule has 3 amide bonds. The van der Waals surface area contributed by atoms with E-state index in [4.69, 9.17) is 10.8 Å². The first-order valence-electron chi connectivity index (χ1n) is 7.30. The molecule has 1 unspecified atom stereocenters. The van der Waals surface area contributed by atoms with E-state index in [1.54, 1.807) is 6.92 Å². The van der Waals surface area contributed by atoms with Gasteiger partial charge in [-0.05, 0) is 31.6 Å². The van der Waals surface area contributed by atoms with Gasteiger partial charge in [-0.3, -0.25) is 9.59 Å². The first-order valence-corrected chi connectivity index (χ1v) is 7.30. The first kappa shape index (κ1) is 19.2. The van der Waals surface area contributed by atoms with Gasteiger partial charge in [-0.2, -0.15) is 0 Å². The summed E-state index contributed by atoms with van der Waals surface area (Å²) in [5.74, 6) is -0.751. The number of hydrogen-bond acceptors (Lipinski definition) is 3. The van der Waals surface area contributed by atoms with Gasteiger partial charge in [-0.25, -0.2) is 4.79 Å². The zero-order valence-corrected chi connectivity index (χ0v) is 13.1. The third-order valence-corrected chi connectivity index (χ3v) is 3.48. The summed E-state index contributed by atoms with van der Waals surface area (Å²) in [6.45, 7) is 6.61. The molecule has 122 valence electrons. The van der Waals surface area contributed by atoms with Gasteiger partial charge in [-0.1, -0.05) is 13.8 Å². The van der Waals surface area contributed by atoms with E-state index in [1.807, 2.05) is 13.8 Å². The molecule has 0 aliphatic heterocycles. The minimum atomic E-state index is -0.802. The molecule has 7 nitrogen and oxygen atoms in total. The third kappa shape index (κ3) is 8.88. The Morgan fingerprint density at radius 3 is 2.29 bits per heavy atom. The Labute approximate surface area is 125 Å². The zero-order valence-electron chi connectivity index (χ0n) is 13.1. The number of aliphatic carboxylic acids is 1. The molecule has 21 heavy (non-hydrogen) atoms. The number of likely N-dealkylation sites (N-methyl/N-ethyl adjacent to an activating group) is 1. The summed E-state index contributed by atoms with van der Waals surface area (Å²) >= 11 is 0. The number of carbonyl (C=O) groups excluding carboxylic acids is 2. The molecular formula is C14H27N3O4. The quantitative estimate of drug-likeness (QED) is 0.559. The second kappa shape index (κ2) is 10.0. The fourth-order valence-electron chi connectivity index (χ4n) is 2.11. The van der Waals surface area contributed by atoms with Crippen LogP contribution < -0.4 is 11.1 Å². The predicted octanol–water partition coefficient (Wildman–Crippen LogP) is 1.03.